The summed E-state index contributed by atoms with van der Waals surface area (Å²) in [6, 6.07) is 18.7. The van der Waals surface area contributed by atoms with E-state index in [4.69, 9.17) is 4.74 Å². The molecule has 3 rings (SSSR count). The second-order valence-electron chi connectivity index (χ2n) is 5.55. The van der Waals surface area contributed by atoms with Crippen LogP contribution in [0.2, 0.25) is 0 Å². The van der Waals surface area contributed by atoms with Gasteiger partial charge in [-0.2, -0.15) is 0 Å². The minimum atomic E-state index is 0.878. The van der Waals surface area contributed by atoms with Crippen molar-refractivity contribution in [2.75, 3.05) is 18.6 Å². The Morgan fingerprint density at radius 2 is 1.83 bits per heavy atom. The van der Waals surface area contributed by atoms with Crippen LogP contribution >= 0.6 is 0 Å². The van der Waals surface area contributed by atoms with Crippen LogP contribution in [0, 0.1) is 0 Å². The van der Waals surface area contributed by atoms with Crippen LogP contribution in [0.1, 0.15) is 19.8 Å². The molecule has 0 aliphatic carbocycles. The van der Waals surface area contributed by atoms with E-state index in [9.17, 15) is 0 Å². The molecule has 3 heteroatoms. The van der Waals surface area contributed by atoms with Crippen LogP contribution in [0.25, 0.3) is 10.9 Å². The molecule has 118 valence electrons. The SMILES string of the molecule is CCCCN(c1ccc(OC)cc1)c1cccc2ncccc12. The van der Waals surface area contributed by atoms with Crippen molar-refractivity contribution in [2.24, 2.45) is 0 Å². The average molecular weight is 306 g/mol. The van der Waals surface area contributed by atoms with Gasteiger partial charge in [0, 0.05) is 23.8 Å². The summed E-state index contributed by atoms with van der Waals surface area (Å²) in [5, 5.41) is 1.18. The second kappa shape index (κ2) is 7.14. The molecule has 0 radical (unpaired) electrons. The lowest BCUT2D eigenvalue weighted by Crippen LogP contribution is -2.18. The zero-order chi connectivity index (χ0) is 16.1. The highest BCUT2D eigenvalue weighted by Gasteiger charge is 2.12. The van der Waals surface area contributed by atoms with E-state index in [1.54, 1.807) is 7.11 Å². The lowest BCUT2D eigenvalue weighted by molar-refractivity contribution is 0.415. The van der Waals surface area contributed by atoms with E-state index in [2.05, 4.69) is 53.2 Å². The Kier molecular flexibility index (Phi) is 4.77. The van der Waals surface area contributed by atoms with Crippen LogP contribution in [0.4, 0.5) is 11.4 Å². The van der Waals surface area contributed by atoms with Crippen LogP contribution < -0.4 is 9.64 Å². The minimum Gasteiger partial charge on any atom is -0.497 e. The van der Waals surface area contributed by atoms with Crippen LogP contribution in [-0.4, -0.2) is 18.6 Å². The van der Waals surface area contributed by atoms with E-state index >= 15 is 0 Å². The Morgan fingerprint density at radius 1 is 1.00 bits per heavy atom. The smallest absolute Gasteiger partial charge is 0.119 e. The molecule has 0 fully saturated rings. The monoisotopic (exact) mass is 306 g/mol. The van der Waals surface area contributed by atoms with Gasteiger partial charge in [0.15, 0.2) is 0 Å². The zero-order valence-electron chi connectivity index (χ0n) is 13.7. The Morgan fingerprint density at radius 3 is 2.57 bits per heavy atom. The third-order valence-corrected chi connectivity index (χ3v) is 4.03. The highest BCUT2D eigenvalue weighted by Crippen LogP contribution is 2.32. The number of ether oxygens (including phenoxy) is 1. The van der Waals surface area contributed by atoms with E-state index in [0.29, 0.717) is 0 Å². The predicted octanol–water partition coefficient (Wildman–Crippen LogP) is 5.18. The molecule has 0 saturated heterocycles. The third kappa shape index (κ3) is 3.29. The maximum Gasteiger partial charge on any atom is 0.119 e. The van der Waals surface area contributed by atoms with E-state index in [-0.39, 0.29) is 0 Å². The quantitative estimate of drug-likeness (QED) is 0.627. The highest BCUT2D eigenvalue weighted by molar-refractivity contribution is 5.93. The van der Waals surface area contributed by atoms with Crippen molar-refractivity contribution in [3.05, 3.63) is 60.8 Å². The van der Waals surface area contributed by atoms with Gasteiger partial charge in [0.25, 0.3) is 0 Å². The average Bonchev–Trinajstić information content (AvgIpc) is 2.62. The molecule has 3 nitrogen and oxygen atoms in total. The molecule has 1 aromatic heterocycles. The standard InChI is InChI=1S/C20H22N2O/c1-3-4-15-22(16-10-12-17(23-2)13-11-16)20-9-5-8-19-18(20)7-6-14-21-19/h5-14H,3-4,15H2,1-2H3. The first-order valence-electron chi connectivity index (χ1n) is 8.09. The zero-order valence-corrected chi connectivity index (χ0v) is 13.7. The number of hydrogen-bond donors (Lipinski definition) is 0. The number of nitrogens with zero attached hydrogens (tertiary/aromatic N) is 2. The highest BCUT2D eigenvalue weighted by atomic mass is 16.5. The van der Waals surface area contributed by atoms with Gasteiger partial charge < -0.3 is 9.64 Å². The molecular formula is C20H22N2O. The lowest BCUT2D eigenvalue weighted by Gasteiger charge is -2.26. The van der Waals surface area contributed by atoms with Gasteiger partial charge in [0.05, 0.1) is 18.3 Å². The third-order valence-electron chi connectivity index (χ3n) is 4.03. The van der Waals surface area contributed by atoms with Gasteiger partial charge in [0.2, 0.25) is 0 Å². The summed E-state index contributed by atoms with van der Waals surface area (Å²) < 4.78 is 5.28. The summed E-state index contributed by atoms with van der Waals surface area (Å²) in [6.07, 6.45) is 4.15. The molecule has 0 amide bonds. The molecule has 0 spiro atoms. The Labute approximate surface area is 137 Å². The number of fused-ring (bicyclic) bond motifs is 1. The van der Waals surface area contributed by atoms with Crippen molar-refractivity contribution in [3.8, 4) is 5.75 Å². The maximum absolute atomic E-state index is 5.28. The summed E-state index contributed by atoms with van der Waals surface area (Å²) in [5.74, 6) is 0.878. The first-order chi connectivity index (χ1) is 11.3. The van der Waals surface area contributed by atoms with Crippen molar-refractivity contribution in [1.82, 2.24) is 4.98 Å². The molecule has 0 bridgehead atoms. The van der Waals surface area contributed by atoms with E-state index < -0.39 is 0 Å². The maximum atomic E-state index is 5.28. The van der Waals surface area contributed by atoms with Gasteiger partial charge in [-0.15, -0.1) is 0 Å². The van der Waals surface area contributed by atoms with Crippen molar-refractivity contribution in [3.63, 3.8) is 0 Å². The summed E-state index contributed by atoms with van der Waals surface area (Å²) in [4.78, 5) is 6.85. The molecule has 1 heterocycles. The first-order valence-corrected chi connectivity index (χ1v) is 8.09. The van der Waals surface area contributed by atoms with Gasteiger partial charge >= 0.3 is 0 Å². The molecule has 0 atom stereocenters. The molecule has 0 saturated carbocycles. The minimum absolute atomic E-state index is 0.878. The summed E-state index contributed by atoms with van der Waals surface area (Å²) in [5.41, 5.74) is 3.41. The van der Waals surface area contributed by atoms with Gasteiger partial charge in [-0.3, -0.25) is 4.98 Å². The van der Waals surface area contributed by atoms with Gasteiger partial charge in [-0.05, 0) is 55.0 Å². The largest absolute Gasteiger partial charge is 0.497 e. The van der Waals surface area contributed by atoms with Gasteiger partial charge in [-0.1, -0.05) is 19.4 Å². The molecule has 0 unspecified atom stereocenters. The molecular weight excluding hydrogens is 284 g/mol. The van der Waals surface area contributed by atoms with Crippen molar-refractivity contribution in [2.45, 2.75) is 19.8 Å². The molecule has 2 aromatic carbocycles. The summed E-state index contributed by atoms with van der Waals surface area (Å²) in [6.45, 7) is 3.20. The lowest BCUT2D eigenvalue weighted by atomic mass is 10.1. The number of benzene rings is 2. The number of rotatable bonds is 6. The molecule has 23 heavy (non-hydrogen) atoms. The van der Waals surface area contributed by atoms with Crippen LogP contribution in [0.3, 0.4) is 0 Å². The van der Waals surface area contributed by atoms with Crippen LogP contribution in [0.5, 0.6) is 5.75 Å². The Hall–Kier alpha value is -2.55. The fraction of sp³-hybridized carbons (Fsp3) is 0.250. The summed E-state index contributed by atoms with van der Waals surface area (Å²) >= 11 is 0. The Bertz CT molecular complexity index is 763. The van der Waals surface area contributed by atoms with Crippen LogP contribution in [-0.2, 0) is 0 Å². The summed E-state index contributed by atoms with van der Waals surface area (Å²) in [7, 11) is 1.69. The number of methoxy groups -OCH3 is 1. The first kappa shape index (κ1) is 15.3. The molecule has 0 N–H and O–H groups in total. The molecule has 0 aliphatic rings. The van der Waals surface area contributed by atoms with E-state index in [1.165, 1.54) is 16.8 Å². The Balaban J connectivity index is 2.06. The van der Waals surface area contributed by atoms with E-state index in [0.717, 1.165) is 30.7 Å². The normalized spacial score (nSPS) is 10.7. The van der Waals surface area contributed by atoms with E-state index in [1.807, 2.05) is 24.4 Å². The van der Waals surface area contributed by atoms with Crippen LogP contribution in [0.15, 0.2) is 60.8 Å². The topological polar surface area (TPSA) is 25.4 Å². The molecule has 3 aromatic rings. The molecule has 0 aliphatic heterocycles. The number of pyridine rings is 1. The van der Waals surface area contributed by atoms with Gasteiger partial charge in [0.1, 0.15) is 5.75 Å². The van der Waals surface area contributed by atoms with Crippen molar-refractivity contribution < 1.29 is 4.74 Å². The number of anilines is 2. The number of aromatic nitrogens is 1. The van der Waals surface area contributed by atoms with Crippen molar-refractivity contribution >= 4 is 22.3 Å². The second-order valence-corrected chi connectivity index (χ2v) is 5.55. The number of hydrogen-bond acceptors (Lipinski definition) is 3. The van der Waals surface area contributed by atoms with Gasteiger partial charge in [-0.25, -0.2) is 0 Å². The fourth-order valence-corrected chi connectivity index (χ4v) is 2.79. The predicted molar refractivity (Wildman–Crippen MR) is 96.7 cm³/mol. The van der Waals surface area contributed by atoms with Crippen molar-refractivity contribution in [1.29, 1.82) is 0 Å². The number of unbranched alkanes of at least 4 members (excludes halogenated alkanes) is 1. The fourth-order valence-electron chi connectivity index (χ4n) is 2.79.